The van der Waals surface area contributed by atoms with Crippen LogP contribution in [0.2, 0.25) is 0 Å². The van der Waals surface area contributed by atoms with Crippen LogP contribution < -0.4 is 5.32 Å². The molecule has 27 heavy (non-hydrogen) atoms. The van der Waals surface area contributed by atoms with Gasteiger partial charge in [0.15, 0.2) is 17.2 Å². The first-order chi connectivity index (χ1) is 13.0. The second kappa shape index (κ2) is 7.77. The molecule has 0 radical (unpaired) electrons. The van der Waals surface area contributed by atoms with Gasteiger partial charge in [0.2, 0.25) is 5.76 Å². The van der Waals surface area contributed by atoms with Crippen LogP contribution in [0.25, 0.3) is 11.1 Å². The molecule has 0 saturated carbocycles. The van der Waals surface area contributed by atoms with E-state index >= 15 is 0 Å². The lowest BCUT2D eigenvalue weighted by Crippen LogP contribution is -2.16. The average Bonchev–Trinajstić information content (AvgIpc) is 3.37. The quantitative estimate of drug-likeness (QED) is 0.652. The van der Waals surface area contributed by atoms with Crippen LogP contribution in [0.3, 0.4) is 0 Å². The minimum Gasteiger partial charge on any atom is -0.460 e. The Hall–Kier alpha value is -3.56. The van der Waals surface area contributed by atoms with Crippen molar-refractivity contribution in [2.45, 2.75) is 20.3 Å². The standard InChI is InChI=1S/C17H17N3O7/c1-3-7-26-16(22)12-9-10-13(27-12)14(19-20(10)17(23)24-4-2)18-15(21)11-6-5-8-25-11/h5-6,8-9H,3-4,7H2,1-2H3,(H,18,19,21). The van der Waals surface area contributed by atoms with E-state index in [4.69, 9.17) is 18.3 Å². The third-order valence-corrected chi connectivity index (χ3v) is 3.41. The Morgan fingerprint density at radius 3 is 2.70 bits per heavy atom. The van der Waals surface area contributed by atoms with Gasteiger partial charge < -0.3 is 18.3 Å². The summed E-state index contributed by atoms with van der Waals surface area (Å²) in [5.41, 5.74) is 0.193. The van der Waals surface area contributed by atoms with E-state index in [-0.39, 0.29) is 41.7 Å². The van der Waals surface area contributed by atoms with Crippen molar-refractivity contribution in [1.29, 1.82) is 0 Å². The summed E-state index contributed by atoms with van der Waals surface area (Å²) in [4.78, 5) is 36.4. The zero-order valence-corrected chi connectivity index (χ0v) is 14.7. The number of hydrogen-bond donors (Lipinski definition) is 1. The number of carbonyl (C=O) groups excluding carboxylic acids is 3. The smallest absolute Gasteiger partial charge is 0.435 e. The number of nitrogens with one attached hydrogen (secondary N) is 1. The van der Waals surface area contributed by atoms with E-state index in [2.05, 4.69) is 10.4 Å². The zero-order chi connectivity index (χ0) is 19.4. The molecule has 1 amide bonds. The van der Waals surface area contributed by atoms with Crippen molar-refractivity contribution in [3.8, 4) is 0 Å². The average molecular weight is 375 g/mol. The van der Waals surface area contributed by atoms with E-state index in [1.54, 1.807) is 13.0 Å². The normalized spacial score (nSPS) is 10.7. The van der Waals surface area contributed by atoms with Gasteiger partial charge in [-0.25, -0.2) is 9.59 Å². The molecule has 3 rings (SSSR count). The zero-order valence-electron chi connectivity index (χ0n) is 14.7. The molecule has 0 bridgehead atoms. The molecule has 0 aliphatic rings. The number of amides is 1. The predicted octanol–water partition coefficient (Wildman–Crippen LogP) is 3.05. The molecule has 0 aliphatic heterocycles. The van der Waals surface area contributed by atoms with Crippen molar-refractivity contribution in [2.24, 2.45) is 0 Å². The number of nitrogens with zero attached hydrogens (tertiary/aromatic N) is 2. The number of anilines is 1. The van der Waals surface area contributed by atoms with E-state index in [1.807, 2.05) is 6.92 Å². The molecule has 3 aromatic heterocycles. The SMILES string of the molecule is CCCOC(=O)c1cc2c(o1)c(NC(=O)c1ccco1)nn2C(=O)OCC. The van der Waals surface area contributed by atoms with E-state index in [0.717, 1.165) is 4.68 Å². The van der Waals surface area contributed by atoms with Gasteiger partial charge in [0.05, 0.1) is 19.5 Å². The molecular weight excluding hydrogens is 358 g/mol. The van der Waals surface area contributed by atoms with Crippen LogP contribution in [0.1, 0.15) is 41.4 Å². The van der Waals surface area contributed by atoms with Gasteiger partial charge >= 0.3 is 12.1 Å². The molecule has 0 aromatic carbocycles. The molecule has 0 saturated heterocycles. The van der Waals surface area contributed by atoms with Gasteiger partial charge in [-0.1, -0.05) is 6.92 Å². The van der Waals surface area contributed by atoms with Gasteiger partial charge in [-0.15, -0.1) is 5.10 Å². The fourth-order valence-electron chi connectivity index (χ4n) is 2.26. The van der Waals surface area contributed by atoms with Crippen molar-refractivity contribution in [2.75, 3.05) is 18.5 Å². The van der Waals surface area contributed by atoms with E-state index < -0.39 is 18.0 Å². The Kier molecular flexibility index (Phi) is 5.25. The van der Waals surface area contributed by atoms with Crippen LogP contribution in [-0.2, 0) is 9.47 Å². The topological polar surface area (TPSA) is 126 Å². The first-order valence-corrected chi connectivity index (χ1v) is 8.26. The summed E-state index contributed by atoms with van der Waals surface area (Å²) >= 11 is 0. The summed E-state index contributed by atoms with van der Waals surface area (Å²) in [6.07, 6.45) is 1.21. The lowest BCUT2D eigenvalue weighted by atomic mass is 10.4. The van der Waals surface area contributed by atoms with Crippen LogP contribution in [0.4, 0.5) is 10.6 Å². The number of furan rings is 2. The Bertz CT molecular complexity index is 968. The number of esters is 1. The maximum Gasteiger partial charge on any atom is 0.435 e. The van der Waals surface area contributed by atoms with Gasteiger partial charge in [-0.3, -0.25) is 10.1 Å². The third kappa shape index (κ3) is 3.68. The molecule has 0 spiro atoms. The van der Waals surface area contributed by atoms with Crippen molar-refractivity contribution in [3.05, 3.63) is 36.0 Å². The van der Waals surface area contributed by atoms with Crippen LogP contribution in [0, 0.1) is 0 Å². The number of rotatable bonds is 6. The van der Waals surface area contributed by atoms with Gasteiger partial charge in [0.25, 0.3) is 5.91 Å². The highest BCUT2D eigenvalue weighted by molar-refractivity contribution is 6.07. The van der Waals surface area contributed by atoms with E-state index in [1.165, 1.54) is 18.4 Å². The number of carbonyl (C=O) groups is 3. The van der Waals surface area contributed by atoms with E-state index in [9.17, 15) is 14.4 Å². The number of ether oxygens (including phenoxy) is 2. The molecule has 3 heterocycles. The molecule has 0 unspecified atom stereocenters. The van der Waals surface area contributed by atoms with Gasteiger partial charge in [0, 0.05) is 6.07 Å². The Morgan fingerprint density at radius 2 is 2.04 bits per heavy atom. The minimum absolute atomic E-state index is 0.0337. The van der Waals surface area contributed by atoms with Gasteiger partial charge in [-0.2, -0.15) is 4.68 Å². The van der Waals surface area contributed by atoms with Crippen LogP contribution in [-0.4, -0.2) is 41.0 Å². The molecule has 1 N–H and O–H groups in total. The minimum atomic E-state index is -0.782. The Labute approximate surface area is 153 Å². The number of fused-ring (bicyclic) bond motifs is 1. The summed E-state index contributed by atoms with van der Waals surface area (Å²) in [5.74, 6) is -1.42. The Morgan fingerprint density at radius 1 is 1.22 bits per heavy atom. The van der Waals surface area contributed by atoms with Crippen LogP contribution in [0.5, 0.6) is 0 Å². The maximum absolute atomic E-state index is 12.2. The molecule has 10 heteroatoms. The Balaban J connectivity index is 1.98. The molecule has 0 atom stereocenters. The highest BCUT2D eigenvalue weighted by atomic mass is 16.6. The summed E-state index contributed by atoms with van der Waals surface area (Å²) in [6, 6.07) is 4.32. The van der Waals surface area contributed by atoms with Crippen LogP contribution in [0.15, 0.2) is 33.3 Å². The fraction of sp³-hybridized carbons (Fsp3) is 0.294. The fourth-order valence-corrected chi connectivity index (χ4v) is 2.26. The summed E-state index contributed by atoms with van der Waals surface area (Å²) < 4.78 is 21.3. The van der Waals surface area contributed by atoms with Gasteiger partial charge in [-0.05, 0) is 25.5 Å². The molecule has 0 fully saturated rings. The van der Waals surface area contributed by atoms with Crippen molar-refractivity contribution >= 4 is 34.9 Å². The van der Waals surface area contributed by atoms with Crippen LogP contribution >= 0.6 is 0 Å². The van der Waals surface area contributed by atoms with E-state index in [0.29, 0.717) is 6.42 Å². The van der Waals surface area contributed by atoms with Crippen molar-refractivity contribution in [1.82, 2.24) is 9.78 Å². The molecule has 142 valence electrons. The number of hydrogen-bond acceptors (Lipinski definition) is 8. The second-order valence-corrected chi connectivity index (χ2v) is 5.35. The highest BCUT2D eigenvalue weighted by Crippen LogP contribution is 2.28. The number of aromatic nitrogens is 2. The van der Waals surface area contributed by atoms with Crippen molar-refractivity contribution < 1.29 is 32.7 Å². The highest BCUT2D eigenvalue weighted by Gasteiger charge is 2.25. The molecular formula is C17H17N3O7. The summed E-state index contributed by atoms with van der Waals surface area (Å²) in [6.45, 7) is 3.84. The predicted molar refractivity (Wildman–Crippen MR) is 91.7 cm³/mol. The molecule has 10 nitrogen and oxygen atoms in total. The molecule has 3 aromatic rings. The summed E-state index contributed by atoms with van der Waals surface area (Å²) in [7, 11) is 0. The molecule has 0 aliphatic carbocycles. The second-order valence-electron chi connectivity index (χ2n) is 5.35. The van der Waals surface area contributed by atoms with Gasteiger partial charge in [0.1, 0.15) is 5.52 Å². The monoisotopic (exact) mass is 375 g/mol. The lowest BCUT2D eigenvalue weighted by molar-refractivity contribution is 0.0471. The third-order valence-electron chi connectivity index (χ3n) is 3.41. The first-order valence-electron chi connectivity index (χ1n) is 8.26. The first kappa shape index (κ1) is 18.2. The lowest BCUT2D eigenvalue weighted by Gasteiger charge is -2.02. The maximum atomic E-state index is 12.2. The summed E-state index contributed by atoms with van der Waals surface area (Å²) in [5, 5.41) is 6.48. The largest absolute Gasteiger partial charge is 0.460 e. The van der Waals surface area contributed by atoms with Crippen molar-refractivity contribution in [3.63, 3.8) is 0 Å².